The summed E-state index contributed by atoms with van der Waals surface area (Å²) in [6.07, 6.45) is 7.30. The van der Waals surface area contributed by atoms with E-state index in [1.807, 2.05) is 48.9 Å². The monoisotopic (exact) mass is 381 g/mol. The molecule has 0 atom stereocenters. The summed E-state index contributed by atoms with van der Waals surface area (Å²) in [5, 5.41) is 2.14. The number of nitrogens with zero attached hydrogens (tertiary/aromatic N) is 3. The van der Waals surface area contributed by atoms with Gasteiger partial charge in [-0.1, -0.05) is 12.1 Å². The molecular formula is C23H19N5O. The number of nitrogens with one attached hydrogen (secondary N) is 1. The van der Waals surface area contributed by atoms with Crippen LogP contribution in [-0.4, -0.2) is 33.1 Å². The molecule has 0 saturated carbocycles. The van der Waals surface area contributed by atoms with Crippen LogP contribution in [0.15, 0.2) is 73.3 Å². The first-order valence-corrected chi connectivity index (χ1v) is 9.43. The molecular weight excluding hydrogens is 362 g/mol. The van der Waals surface area contributed by atoms with Gasteiger partial charge in [0.15, 0.2) is 0 Å². The predicted octanol–water partition coefficient (Wildman–Crippen LogP) is 4.18. The highest BCUT2D eigenvalue weighted by atomic mass is 16.5. The van der Waals surface area contributed by atoms with Crippen molar-refractivity contribution in [2.45, 2.75) is 0 Å². The van der Waals surface area contributed by atoms with Crippen LogP contribution in [0, 0.1) is 0 Å². The van der Waals surface area contributed by atoms with Gasteiger partial charge in [0.2, 0.25) is 0 Å². The number of fused-ring (bicyclic) bond motifs is 3. The van der Waals surface area contributed by atoms with Gasteiger partial charge in [0.1, 0.15) is 18.0 Å². The fraction of sp³-hybridized carbons (Fsp3) is 0.0870. The predicted molar refractivity (Wildman–Crippen MR) is 115 cm³/mol. The first-order chi connectivity index (χ1) is 14.3. The fourth-order valence-corrected chi connectivity index (χ4v) is 3.45. The van der Waals surface area contributed by atoms with Gasteiger partial charge in [0.25, 0.3) is 0 Å². The van der Waals surface area contributed by atoms with Gasteiger partial charge in [0.05, 0.1) is 17.4 Å². The number of pyridine rings is 3. The van der Waals surface area contributed by atoms with Crippen LogP contribution in [0.2, 0.25) is 0 Å². The number of ether oxygens (including phenoxy) is 1. The lowest BCUT2D eigenvalue weighted by Crippen LogP contribution is -2.10. The van der Waals surface area contributed by atoms with Crippen LogP contribution in [0.1, 0.15) is 0 Å². The third-order valence-corrected chi connectivity index (χ3v) is 4.85. The number of rotatable bonds is 5. The van der Waals surface area contributed by atoms with Crippen molar-refractivity contribution in [3.8, 4) is 28.1 Å². The van der Waals surface area contributed by atoms with E-state index in [0.29, 0.717) is 13.2 Å². The zero-order chi connectivity index (χ0) is 19.6. The minimum absolute atomic E-state index is 0.486. The van der Waals surface area contributed by atoms with Gasteiger partial charge in [0, 0.05) is 47.0 Å². The average molecular weight is 381 g/mol. The van der Waals surface area contributed by atoms with Crippen LogP contribution in [0.4, 0.5) is 0 Å². The molecule has 0 saturated heterocycles. The van der Waals surface area contributed by atoms with E-state index >= 15 is 0 Å². The lowest BCUT2D eigenvalue weighted by Gasteiger charge is -2.07. The summed E-state index contributed by atoms with van der Waals surface area (Å²) in [5.74, 6) is 0.801. The third-order valence-electron chi connectivity index (χ3n) is 4.85. The maximum atomic E-state index is 5.66. The van der Waals surface area contributed by atoms with Crippen LogP contribution in [0.3, 0.4) is 0 Å². The molecule has 0 radical (unpaired) electrons. The molecule has 0 spiro atoms. The van der Waals surface area contributed by atoms with Crippen molar-refractivity contribution in [2.24, 2.45) is 5.73 Å². The molecule has 142 valence electrons. The molecule has 0 aliphatic carbocycles. The molecule has 4 aromatic heterocycles. The molecule has 0 amide bonds. The third kappa shape index (κ3) is 3.30. The van der Waals surface area contributed by atoms with Gasteiger partial charge in [-0.25, -0.2) is 4.98 Å². The Balaban J connectivity index is 1.61. The first-order valence-electron chi connectivity index (χ1n) is 9.43. The van der Waals surface area contributed by atoms with E-state index in [1.165, 1.54) is 0 Å². The average Bonchev–Trinajstić information content (AvgIpc) is 3.15. The van der Waals surface area contributed by atoms with Gasteiger partial charge < -0.3 is 15.5 Å². The molecule has 0 aliphatic heterocycles. The smallest absolute Gasteiger partial charge is 0.138 e. The number of aromatic amines is 1. The molecule has 0 fully saturated rings. The molecule has 6 nitrogen and oxygen atoms in total. The van der Waals surface area contributed by atoms with Gasteiger partial charge in [-0.2, -0.15) is 0 Å². The first kappa shape index (κ1) is 17.3. The molecule has 0 bridgehead atoms. The van der Waals surface area contributed by atoms with E-state index in [0.717, 1.165) is 50.1 Å². The van der Waals surface area contributed by atoms with E-state index in [4.69, 9.17) is 10.5 Å². The van der Waals surface area contributed by atoms with Crippen LogP contribution in [0.5, 0.6) is 5.75 Å². The SMILES string of the molecule is NCCOc1cccc(-c2cnc3[nH]c4cnc(-c5cccnc5)cc4c3c2)c1. The zero-order valence-corrected chi connectivity index (χ0v) is 15.7. The molecule has 29 heavy (non-hydrogen) atoms. The van der Waals surface area contributed by atoms with Gasteiger partial charge in [-0.05, 0) is 42.0 Å². The van der Waals surface area contributed by atoms with Crippen LogP contribution >= 0.6 is 0 Å². The van der Waals surface area contributed by atoms with Gasteiger partial charge in [-0.3, -0.25) is 9.97 Å². The molecule has 6 heteroatoms. The molecule has 5 rings (SSSR count). The van der Waals surface area contributed by atoms with Crippen molar-refractivity contribution < 1.29 is 4.74 Å². The Labute approximate surface area is 167 Å². The van der Waals surface area contributed by atoms with Crippen molar-refractivity contribution in [1.82, 2.24) is 19.9 Å². The zero-order valence-electron chi connectivity index (χ0n) is 15.7. The summed E-state index contributed by atoms with van der Waals surface area (Å²) in [4.78, 5) is 16.7. The second kappa shape index (κ2) is 7.33. The number of hydrogen-bond donors (Lipinski definition) is 2. The van der Waals surface area contributed by atoms with Crippen LogP contribution in [0.25, 0.3) is 44.3 Å². The topological polar surface area (TPSA) is 89.7 Å². The van der Waals surface area contributed by atoms with E-state index in [2.05, 4.69) is 38.1 Å². The highest BCUT2D eigenvalue weighted by Crippen LogP contribution is 2.31. The van der Waals surface area contributed by atoms with Crippen molar-refractivity contribution in [3.63, 3.8) is 0 Å². The normalized spacial score (nSPS) is 11.2. The summed E-state index contributed by atoms with van der Waals surface area (Å²) in [6, 6.07) is 16.1. The Morgan fingerprint density at radius 1 is 0.862 bits per heavy atom. The highest BCUT2D eigenvalue weighted by molar-refractivity contribution is 6.07. The molecule has 1 aromatic carbocycles. The van der Waals surface area contributed by atoms with Crippen molar-refractivity contribution in [2.75, 3.05) is 13.2 Å². The Kier molecular flexibility index (Phi) is 4.38. The van der Waals surface area contributed by atoms with Gasteiger partial charge >= 0.3 is 0 Å². The fourth-order valence-electron chi connectivity index (χ4n) is 3.45. The van der Waals surface area contributed by atoms with Gasteiger partial charge in [-0.15, -0.1) is 0 Å². The second-order valence-corrected chi connectivity index (χ2v) is 6.77. The maximum absolute atomic E-state index is 5.66. The Hall–Kier alpha value is -3.77. The highest BCUT2D eigenvalue weighted by Gasteiger charge is 2.10. The second-order valence-electron chi connectivity index (χ2n) is 6.77. The number of hydrogen-bond acceptors (Lipinski definition) is 5. The largest absolute Gasteiger partial charge is 0.492 e. The summed E-state index contributed by atoms with van der Waals surface area (Å²) < 4.78 is 5.66. The quantitative estimate of drug-likeness (QED) is 0.477. The van der Waals surface area contributed by atoms with Crippen LogP contribution in [-0.2, 0) is 0 Å². The van der Waals surface area contributed by atoms with Crippen molar-refractivity contribution in [3.05, 3.63) is 73.3 Å². The Bertz CT molecular complexity index is 1300. The standard InChI is InChI=1S/C23H19N5O/c24-6-8-29-18-5-1-3-15(9-18)17-10-20-19-11-21(16-4-2-7-25-12-16)26-14-22(19)28-23(20)27-13-17/h1-5,7,9-14H,6,8,24H2,(H,27,28). The minimum Gasteiger partial charge on any atom is -0.492 e. The van der Waals surface area contributed by atoms with Crippen LogP contribution < -0.4 is 10.5 Å². The van der Waals surface area contributed by atoms with E-state index in [1.54, 1.807) is 6.20 Å². The Morgan fingerprint density at radius 3 is 2.66 bits per heavy atom. The Morgan fingerprint density at radius 2 is 1.79 bits per heavy atom. The minimum atomic E-state index is 0.486. The summed E-state index contributed by atoms with van der Waals surface area (Å²) in [5.41, 5.74) is 11.3. The number of nitrogens with two attached hydrogens (primary N) is 1. The van der Waals surface area contributed by atoms with E-state index in [-0.39, 0.29) is 0 Å². The molecule has 3 N–H and O–H groups in total. The molecule has 5 aromatic rings. The lowest BCUT2D eigenvalue weighted by atomic mass is 10.0. The molecule has 0 aliphatic rings. The lowest BCUT2D eigenvalue weighted by molar-refractivity contribution is 0.328. The summed E-state index contributed by atoms with van der Waals surface area (Å²) in [6.45, 7) is 0.980. The summed E-state index contributed by atoms with van der Waals surface area (Å²) >= 11 is 0. The maximum Gasteiger partial charge on any atom is 0.138 e. The molecule has 0 unspecified atom stereocenters. The molecule has 4 heterocycles. The van der Waals surface area contributed by atoms with Crippen molar-refractivity contribution >= 4 is 21.9 Å². The van der Waals surface area contributed by atoms with E-state index in [9.17, 15) is 0 Å². The summed E-state index contributed by atoms with van der Waals surface area (Å²) in [7, 11) is 0. The number of aromatic nitrogens is 4. The number of H-pyrrole nitrogens is 1. The van der Waals surface area contributed by atoms with Crippen molar-refractivity contribution in [1.29, 1.82) is 0 Å². The van der Waals surface area contributed by atoms with E-state index < -0.39 is 0 Å². The number of benzene rings is 1.